The maximum atomic E-state index is 12.0. The Morgan fingerprint density at radius 3 is 2.69 bits per heavy atom. The van der Waals surface area contributed by atoms with Crippen molar-refractivity contribution in [2.75, 3.05) is 11.5 Å². The second kappa shape index (κ2) is 6.15. The Hall–Kier alpha value is -2.29. The van der Waals surface area contributed by atoms with Crippen molar-refractivity contribution < 1.29 is 13.9 Å². The van der Waals surface area contributed by atoms with Gasteiger partial charge in [-0.25, -0.2) is 4.98 Å². The molecule has 1 aromatic carbocycles. The average molecular weight is 374 g/mol. The van der Waals surface area contributed by atoms with Gasteiger partial charge in [-0.2, -0.15) is 10.6 Å². The molecule has 0 bridgehead atoms. The first-order chi connectivity index (χ1) is 12.4. The topological polar surface area (TPSA) is 117 Å². The van der Waals surface area contributed by atoms with E-state index in [9.17, 15) is 13.9 Å². The summed E-state index contributed by atoms with van der Waals surface area (Å²) in [5.74, 6) is 1.34. The third-order valence-electron chi connectivity index (χ3n) is 5.19. The van der Waals surface area contributed by atoms with Crippen molar-refractivity contribution in [2.24, 2.45) is 12.8 Å². The summed E-state index contributed by atoms with van der Waals surface area (Å²) in [5, 5.41) is 0.947. The first-order valence-corrected chi connectivity index (χ1v) is 10.4. The fraction of sp³-hybridized carbons (Fsp3) is 0.333. The molecular formula is C18H22N4O3S. The zero-order chi connectivity index (χ0) is 18.5. The van der Waals surface area contributed by atoms with Gasteiger partial charge in [0.1, 0.15) is 5.82 Å². The summed E-state index contributed by atoms with van der Waals surface area (Å²) in [4.78, 5) is 19.6. The van der Waals surface area contributed by atoms with E-state index in [0.717, 1.165) is 27.9 Å². The fourth-order valence-electron chi connectivity index (χ4n) is 3.78. The van der Waals surface area contributed by atoms with Crippen LogP contribution >= 0.6 is 10.6 Å². The SMILES string of the molecule is Cn1ccnc1-c1cc(C(N)=O)c2[nH]cc(C3CCS(O)(O)CC3)c2c1. The number of imidazole rings is 1. The molecule has 8 heteroatoms. The lowest BCUT2D eigenvalue weighted by Crippen LogP contribution is -2.19. The van der Waals surface area contributed by atoms with Crippen LogP contribution in [0.4, 0.5) is 0 Å². The largest absolute Gasteiger partial charge is 0.366 e. The van der Waals surface area contributed by atoms with Gasteiger partial charge < -0.3 is 15.3 Å². The number of fused-ring (bicyclic) bond motifs is 1. The van der Waals surface area contributed by atoms with E-state index in [1.54, 1.807) is 12.3 Å². The first-order valence-electron chi connectivity index (χ1n) is 8.52. The van der Waals surface area contributed by atoms with E-state index in [1.807, 2.05) is 30.1 Å². The van der Waals surface area contributed by atoms with E-state index in [4.69, 9.17) is 5.73 Å². The predicted octanol–water partition coefficient (Wildman–Crippen LogP) is 3.30. The van der Waals surface area contributed by atoms with E-state index in [-0.39, 0.29) is 5.92 Å². The van der Waals surface area contributed by atoms with E-state index < -0.39 is 16.5 Å². The highest BCUT2D eigenvalue weighted by Crippen LogP contribution is 2.49. The van der Waals surface area contributed by atoms with Crippen LogP contribution in [0.3, 0.4) is 0 Å². The Morgan fingerprint density at radius 2 is 2.08 bits per heavy atom. The number of nitrogens with two attached hydrogens (primary N) is 1. The highest BCUT2D eigenvalue weighted by atomic mass is 32.3. The molecule has 1 fully saturated rings. The maximum Gasteiger partial charge on any atom is 0.250 e. The number of hydrogen-bond donors (Lipinski definition) is 4. The van der Waals surface area contributed by atoms with Gasteiger partial charge >= 0.3 is 0 Å². The first kappa shape index (κ1) is 17.1. The number of H-pyrrole nitrogens is 1. The van der Waals surface area contributed by atoms with Gasteiger partial charge in [0.05, 0.1) is 11.1 Å². The minimum Gasteiger partial charge on any atom is -0.366 e. The van der Waals surface area contributed by atoms with Crippen LogP contribution < -0.4 is 5.73 Å². The van der Waals surface area contributed by atoms with Crippen LogP contribution in [-0.2, 0) is 7.05 Å². The Morgan fingerprint density at radius 1 is 1.35 bits per heavy atom. The van der Waals surface area contributed by atoms with E-state index in [2.05, 4.69) is 9.97 Å². The smallest absolute Gasteiger partial charge is 0.250 e. The Kier molecular flexibility index (Phi) is 4.06. The number of benzene rings is 1. The van der Waals surface area contributed by atoms with Crippen LogP contribution in [-0.4, -0.2) is 41.1 Å². The molecule has 0 radical (unpaired) electrons. The minimum atomic E-state index is -2.43. The van der Waals surface area contributed by atoms with Crippen LogP contribution in [0.1, 0.15) is 34.7 Å². The number of nitrogens with zero attached hydrogens (tertiary/aromatic N) is 2. The standard InChI is InChI=1S/C18H22N4O3S/c1-22-5-4-20-18(22)12-8-13-15(11-2-6-26(24,25)7-3-11)10-21-16(13)14(9-12)17(19)23/h4-5,8-11,21,24-25H,2-3,6-7H2,1H3,(H2,19,23). The predicted molar refractivity (Wildman–Crippen MR) is 104 cm³/mol. The fourth-order valence-corrected chi connectivity index (χ4v) is 5.31. The number of rotatable bonds is 3. The summed E-state index contributed by atoms with van der Waals surface area (Å²) in [6.07, 6.45) is 6.92. The number of hydrogen-bond acceptors (Lipinski definition) is 4. The van der Waals surface area contributed by atoms with Crippen molar-refractivity contribution in [2.45, 2.75) is 18.8 Å². The minimum absolute atomic E-state index is 0.223. The molecule has 1 amide bonds. The molecule has 3 heterocycles. The van der Waals surface area contributed by atoms with Crippen LogP contribution in [0.15, 0.2) is 30.7 Å². The number of carbonyl (C=O) groups excluding carboxylic acids is 1. The molecule has 1 aliphatic rings. The molecule has 0 spiro atoms. The lowest BCUT2D eigenvalue weighted by molar-refractivity contribution is 0.100. The highest BCUT2D eigenvalue weighted by Gasteiger charge is 2.27. The molecule has 3 aromatic rings. The molecule has 0 unspecified atom stereocenters. The molecule has 138 valence electrons. The number of aromatic nitrogens is 3. The summed E-state index contributed by atoms with van der Waals surface area (Å²) >= 11 is 0. The average Bonchev–Trinajstić information content (AvgIpc) is 3.20. The summed E-state index contributed by atoms with van der Waals surface area (Å²) < 4.78 is 21.7. The summed E-state index contributed by atoms with van der Waals surface area (Å²) in [7, 11) is -0.525. The van der Waals surface area contributed by atoms with Crippen molar-refractivity contribution in [3.8, 4) is 11.4 Å². The Labute approximate surface area is 152 Å². The molecule has 0 aliphatic carbocycles. The number of carbonyl (C=O) groups is 1. The number of aryl methyl sites for hydroxylation is 1. The third kappa shape index (κ3) is 2.90. The van der Waals surface area contributed by atoms with Crippen LogP contribution in [0.25, 0.3) is 22.3 Å². The van der Waals surface area contributed by atoms with Crippen molar-refractivity contribution in [3.05, 3.63) is 41.9 Å². The molecule has 1 saturated heterocycles. The van der Waals surface area contributed by atoms with E-state index in [0.29, 0.717) is 29.9 Å². The number of amides is 1. The van der Waals surface area contributed by atoms with Crippen molar-refractivity contribution in [1.29, 1.82) is 0 Å². The normalized spacial score (nSPS) is 18.9. The number of aromatic amines is 1. The van der Waals surface area contributed by atoms with Crippen molar-refractivity contribution in [3.63, 3.8) is 0 Å². The molecule has 26 heavy (non-hydrogen) atoms. The van der Waals surface area contributed by atoms with Gasteiger partial charge in [-0.15, -0.1) is 0 Å². The second-order valence-corrected chi connectivity index (χ2v) is 9.32. The highest BCUT2D eigenvalue weighted by molar-refractivity contribution is 8.24. The van der Waals surface area contributed by atoms with Gasteiger partial charge in [0.15, 0.2) is 0 Å². The monoisotopic (exact) mass is 374 g/mol. The van der Waals surface area contributed by atoms with E-state index >= 15 is 0 Å². The second-order valence-electron chi connectivity index (χ2n) is 6.90. The Balaban J connectivity index is 1.85. The molecule has 2 aromatic heterocycles. The van der Waals surface area contributed by atoms with Crippen LogP contribution in [0.5, 0.6) is 0 Å². The molecule has 4 rings (SSSR count). The Bertz CT molecular complexity index is 982. The van der Waals surface area contributed by atoms with Gasteiger partial charge in [-0.3, -0.25) is 13.9 Å². The maximum absolute atomic E-state index is 12.0. The molecule has 0 saturated carbocycles. The van der Waals surface area contributed by atoms with Crippen molar-refractivity contribution >= 4 is 27.4 Å². The molecule has 0 atom stereocenters. The lowest BCUT2D eigenvalue weighted by atomic mass is 9.91. The lowest BCUT2D eigenvalue weighted by Gasteiger charge is -2.39. The quantitative estimate of drug-likeness (QED) is 0.562. The van der Waals surface area contributed by atoms with Crippen molar-refractivity contribution in [1.82, 2.24) is 14.5 Å². The van der Waals surface area contributed by atoms with Gasteiger partial charge in [-0.1, -0.05) is 0 Å². The molecular weight excluding hydrogens is 352 g/mol. The third-order valence-corrected chi connectivity index (χ3v) is 6.97. The molecule has 7 nitrogen and oxygen atoms in total. The van der Waals surface area contributed by atoms with Crippen LogP contribution in [0, 0.1) is 0 Å². The molecule has 1 aliphatic heterocycles. The van der Waals surface area contributed by atoms with E-state index in [1.165, 1.54) is 0 Å². The summed E-state index contributed by atoms with van der Waals surface area (Å²) in [6, 6.07) is 3.80. The summed E-state index contributed by atoms with van der Waals surface area (Å²) in [5.41, 5.74) is 8.70. The molecule has 5 N–H and O–H groups in total. The number of primary amides is 1. The summed E-state index contributed by atoms with van der Waals surface area (Å²) in [6.45, 7) is 0. The number of nitrogens with one attached hydrogen (secondary N) is 1. The van der Waals surface area contributed by atoms with Gasteiger partial charge in [0, 0.05) is 48.1 Å². The zero-order valence-corrected chi connectivity index (χ0v) is 15.3. The van der Waals surface area contributed by atoms with Crippen LogP contribution in [0.2, 0.25) is 0 Å². The zero-order valence-electron chi connectivity index (χ0n) is 14.5. The van der Waals surface area contributed by atoms with Gasteiger partial charge in [0.2, 0.25) is 0 Å². The van der Waals surface area contributed by atoms with Gasteiger partial charge in [0.25, 0.3) is 5.91 Å². The van der Waals surface area contributed by atoms with Gasteiger partial charge in [-0.05, 0) is 36.5 Å².